The Morgan fingerprint density at radius 1 is 1.19 bits per heavy atom. The number of para-hydroxylation sites is 1. The van der Waals surface area contributed by atoms with Gasteiger partial charge >= 0.3 is 0 Å². The van der Waals surface area contributed by atoms with E-state index in [9.17, 15) is 13.2 Å². The van der Waals surface area contributed by atoms with Gasteiger partial charge < -0.3 is 5.32 Å². The van der Waals surface area contributed by atoms with Crippen LogP contribution in [0.5, 0.6) is 0 Å². The van der Waals surface area contributed by atoms with Gasteiger partial charge in [-0.2, -0.15) is 0 Å². The minimum Gasteiger partial charge on any atom is -0.349 e. The van der Waals surface area contributed by atoms with Crippen LogP contribution in [0.4, 0.5) is 0 Å². The number of carbonyl (C=O) groups excluding carboxylic acids is 1. The fraction of sp³-hybridized carbons (Fsp3) is 0.333. The first-order valence-electron chi connectivity index (χ1n) is 9.82. The molecule has 10 heteroatoms. The minimum absolute atomic E-state index is 0.0258. The molecule has 3 aromatic rings. The number of carbonyl (C=O) groups is 1. The summed E-state index contributed by atoms with van der Waals surface area (Å²) in [5.41, 5.74) is 2.12. The lowest BCUT2D eigenvalue weighted by atomic mass is 10.0. The first-order valence-corrected chi connectivity index (χ1v) is 12.6. The van der Waals surface area contributed by atoms with Crippen LogP contribution in [0.1, 0.15) is 18.9 Å². The van der Waals surface area contributed by atoms with Gasteiger partial charge in [0.1, 0.15) is 0 Å². The Labute approximate surface area is 185 Å². The Balaban J connectivity index is 1.58. The van der Waals surface area contributed by atoms with Crippen molar-refractivity contribution in [1.82, 2.24) is 25.1 Å². The topological polar surface area (TPSA) is 107 Å². The molecule has 8 nitrogen and oxygen atoms in total. The highest BCUT2D eigenvalue weighted by Gasteiger charge is 2.39. The van der Waals surface area contributed by atoms with Crippen molar-refractivity contribution in [3.63, 3.8) is 0 Å². The second-order valence-electron chi connectivity index (χ2n) is 7.90. The van der Waals surface area contributed by atoms with Crippen LogP contribution >= 0.6 is 11.8 Å². The Morgan fingerprint density at radius 2 is 1.94 bits per heavy atom. The maximum absolute atomic E-state index is 12.6. The Morgan fingerprint density at radius 3 is 2.61 bits per heavy atom. The smallest absolute Gasteiger partial charge is 0.230 e. The predicted octanol–water partition coefficient (Wildman–Crippen LogP) is 2.42. The van der Waals surface area contributed by atoms with Gasteiger partial charge in [0, 0.05) is 18.0 Å². The summed E-state index contributed by atoms with van der Waals surface area (Å²) in [6.07, 6.45) is 3.82. The lowest BCUT2D eigenvalue weighted by Crippen LogP contribution is -2.47. The van der Waals surface area contributed by atoms with Crippen LogP contribution in [0.25, 0.3) is 17.1 Å². The number of benzene rings is 1. The lowest BCUT2D eigenvalue weighted by molar-refractivity contribution is -0.120. The molecule has 162 valence electrons. The van der Waals surface area contributed by atoms with Crippen molar-refractivity contribution in [1.29, 1.82) is 0 Å². The molecule has 1 amide bonds. The molecule has 1 atom stereocenters. The molecule has 1 aliphatic rings. The molecule has 1 aliphatic heterocycles. The zero-order chi connectivity index (χ0) is 22.1. The quantitative estimate of drug-likeness (QED) is 0.567. The van der Waals surface area contributed by atoms with Gasteiger partial charge in [0.15, 0.2) is 20.8 Å². The summed E-state index contributed by atoms with van der Waals surface area (Å²) in [4.78, 5) is 16.7. The van der Waals surface area contributed by atoms with E-state index in [2.05, 4.69) is 20.5 Å². The molecule has 0 spiro atoms. The van der Waals surface area contributed by atoms with Crippen molar-refractivity contribution in [3.05, 3.63) is 54.4 Å². The lowest BCUT2D eigenvalue weighted by Gasteiger charge is -2.23. The van der Waals surface area contributed by atoms with E-state index in [-0.39, 0.29) is 23.2 Å². The number of rotatable bonds is 6. The van der Waals surface area contributed by atoms with Gasteiger partial charge in [0.25, 0.3) is 0 Å². The number of amides is 1. The van der Waals surface area contributed by atoms with Gasteiger partial charge in [-0.05, 0) is 44.0 Å². The molecule has 1 unspecified atom stereocenters. The summed E-state index contributed by atoms with van der Waals surface area (Å²) >= 11 is 1.27. The second-order valence-corrected chi connectivity index (χ2v) is 11.0. The molecular formula is C21H23N5O3S2. The summed E-state index contributed by atoms with van der Waals surface area (Å²) in [6, 6.07) is 11.6. The largest absolute Gasteiger partial charge is 0.349 e. The van der Waals surface area contributed by atoms with E-state index >= 15 is 0 Å². The maximum Gasteiger partial charge on any atom is 0.230 e. The van der Waals surface area contributed by atoms with E-state index in [1.807, 2.05) is 47.9 Å². The van der Waals surface area contributed by atoms with Crippen molar-refractivity contribution in [2.24, 2.45) is 0 Å². The molecule has 0 radical (unpaired) electrons. The van der Waals surface area contributed by atoms with Crippen molar-refractivity contribution < 1.29 is 13.2 Å². The first-order chi connectivity index (χ1) is 14.8. The molecule has 4 rings (SSSR count). The fourth-order valence-corrected chi connectivity index (χ4v) is 6.53. The van der Waals surface area contributed by atoms with Gasteiger partial charge in [-0.25, -0.2) is 8.42 Å². The van der Waals surface area contributed by atoms with Crippen LogP contribution in [0.15, 0.2) is 53.9 Å². The molecule has 1 N–H and O–H groups in total. The normalized spacial score (nSPS) is 19.9. The number of sulfone groups is 1. The molecule has 0 saturated carbocycles. The van der Waals surface area contributed by atoms with Gasteiger partial charge in [-0.1, -0.05) is 30.0 Å². The van der Waals surface area contributed by atoms with Crippen LogP contribution in [0, 0.1) is 6.92 Å². The van der Waals surface area contributed by atoms with Gasteiger partial charge in [-0.3, -0.25) is 14.3 Å². The third-order valence-corrected chi connectivity index (χ3v) is 8.04. The zero-order valence-electron chi connectivity index (χ0n) is 17.3. The van der Waals surface area contributed by atoms with Crippen LogP contribution in [-0.2, 0) is 14.6 Å². The number of hydrogen-bond acceptors (Lipinski definition) is 7. The summed E-state index contributed by atoms with van der Waals surface area (Å²) in [5, 5.41) is 12.2. The molecule has 0 bridgehead atoms. The number of pyridine rings is 1. The number of aromatic nitrogens is 4. The van der Waals surface area contributed by atoms with E-state index in [1.54, 1.807) is 19.3 Å². The fourth-order valence-electron chi connectivity index (χ4n) is 3.69. The first kappa shape index (κ1) is 21.5. The summed E-state index contributed by atoms with van der Waals surface area (Å²) < 4.78 is 25.5. The van der Waals surface area contributed by atoms with Crippen molar-refractivity contribution in [2.45, 2.75) is 31.0 Å². The monoisotopic (exact) mass is 457 g/mol. The molecule has 1 aromatic carbocycles. The number of thioether (sulfide) groups is 1. The van der Waals surface area contributed by atoms with Gasteiger partial charge in [-0.15, -0.1) is 10.2 Å². The van der Waals surface area contributed by atoms with E-state index in [0.717, 1.165) is 16.8 Å². The average molecular weight is 458 g/mol. The summed E-state index contributed by atoms with van der Waals surface area (Å²) in [5.74, 6) is 0.620. The number of nitrogens with zero attached hydrogens (tertiary/aromatic N) is 4. The Bertz CT molecular complexity index is 1210. The van der Waals surface area contributed by atoms with Crippen molar-refractivity contribution in [2.75, 3.05) is 17.3 Å². The third-order valence-electron chi connectivity index (χ3n) is 5.21. The predicted molar refractivity (Wildman–Crippen MR) is 120 cm³/mol. The Hall–Kier alpha value is -2.72. The van der Waals surface area contributed by atoms with E-state index in [1.165, 1.54) is 11.8 Å². The molecular weight excluding hydrogens is 434 g/mol. The Kier molecular flexibility index (Phi) is 5.85. The minimum atomic E-state index is -3.09. The average Bonchev–Trinajstić information content (AvgIpc) is 3.27. The second kappa shape index (κ2) is 8.43. The molecule has 0 aliphatic carbocycles. The maximum atomic E-state index is 12.6. The number of hydrogen-bond donors (Lipinski definition) is 1. The summed E-state index contributed by atoms with van der Waals surface area (Å²) in [6.45, 7) is 3.78. The van der Waals surface area contributed by atoms with Crippen LogP contribution < -0.4 is 5.32 Å². The highest BCUT2D eigenvalue weighted by Crippen LogP contribution is 2.29. The molecule has 3 heterocycles. The SMILES string of the molecule is Cc1ccccc1-n1c(SCC(=O)NC2(C)CCS(=O)(=O)C2)nnc1-c1ccncc1. The molecule has 31 heavy (non-hydrogen) atoms. The molecule has 2 aromatic heterocycles. The standard InChI is InChI=1S/C21H23N5O3S2/c1-15-5-3-4-6-17(15)26-19(16-7-10-22-11-8-16)24-25-20(26)30-13-18(27)23-21(2)9-12-31(28,29)14-21/h3-8,10-11H,9,12-14H2,1-2H3,(H,23,27). The molecule has 1 fully saturated rings. The summed E-state index contributed by atoms with van der Waals surface area (Å²) in [7, 11) is -3.09. The number of aryl methyl sites for hydroxylation is 1. The third kappa shape index (κ3) is 4.80. The highest BCUT2D eigenvalue weighted by atomic mass is 32.2. The van der Waals surface area contributed by atoms with Gasteiger partial charge in [0.05, 0.1) is 28.5 Å². The van der Waals surface area contributed by atoms with E-state index < -0.39 is 15.4 Å². The number of nitrogens with one attached hydrogen (secondary N) is 1. The van der Waals surface area contributed by atoms with E-state index in [0.29, 0.717) is 17.4 Å². The zero-order valence-corrected chi connectivity index (χ0v) is 18.9. The van der Waals surface area contributed by atoms with Crippen LogP contribution in [-0.4, -0.2) is 56.9 Å². The van der Waals surface area contributed by atoms with Crippen LogP contribution in [0.2, 0.25) is 0 Å². The van der Waals surface area contributed by atoms with Crippen molar-refractivity contribution in [3.8, 4) is 17.1 Å². The highest BCUT2D eigenvalue weighted by molar-refractivity contribution is 7.99. The molecule has 1 saturated heterocycles. The van der Waals surface area contributed by atoms with E-state index in [4.69, 9.17) is 0 Å². The van der Waals surface area contributed by atoms with Crippen LogP contribution in [0.3, 0.4) is 0 Å². The van der Waals surface area contributed by atoms with Gasteiger partial charge in [0.2, 0.25) is 5.91 Å². The van der Waals surface area contributed by atoms with Crippen molar-refractivity contribution >= 4 is 27.5 Å².